The van der Waals surface area contributed by atoms with Crippen molar-refractivity contribution >= 4 is 5.91 Å². The Hall–Kier alpha value is -2.58. The van der Waals surface area contributed by atoms with E-state index in [1.54, 1.807) is 19.2 Å². The molecule has 5 nitrogen and oxygen atoms in total. The number of amides is 1. The van der Waals surface area contributed by atoms with E-state index in [1.807, 2.05) is 23.1 Å². The van der Waals surface area contributed by atoms with Gasteiger partial charge in [-0.2, -0.15) is 13.2 Å². The minimum atomic E-state index is -4.36. The molecule has 0 saturated carbocycles. The average Bonchev–Trinajstić information content (AvgIpc) is 2.85. The first kappa shape index (κ1) is 25.5. The fourth-order valence-electron chi connectivity index (χ4n) is 5.13. The molecule has 0 aromatic heterocycles. The number of carbonyl (C=O) groups excluding carboxylic acids is 1. The largest absolute Gasteiger partial charge is 0.492 e. The quantitative estimate of drug-likeness (QED) is 0.579. The summed E-state index contributed by atoms with van der Waals surface area (Å²) in [6.07, 6.45) is 0.0773. The molecule has 2 heterocycles. The van der Waals surface area contributed by atoms with Crippen molar-refractivity contribution in [3.8, 4) is 5.75 Å². The third kappa shape index (κ3) is 6.55. The Labute approximate surface area is 204 Å². The summed E-state index contributed by atoms with van der Waals surface area (Å²) in [6.45, 7) is 2.81. The number of fused-ring (bicyclic) bond motifs is 3. The Balaban J connectivity index is 1.53. The molecule has 0 radical (unpaired) electrons. The number of piperidine rings is 1. The number of hydrogen-bond donors (Lipinski definition) is 0. The molecule has 0 aliphatic carbocycles. The van der Waals surface area contributed by atoms with Crippen molar-refractivity contribution in [2.24, 2.45) is 0 Å². The van der Waals surface area contributed by atoms with E-state index in [1.165, 1.54) is 12.1 Å². The average molecular weight is 491 g/mol. The lowest BCUT2D eigenvalue weighted by Crippen LogP contribution is -2.51. The van der Waals surface area contributed by atoms with Gasteiger partial charge in [-0.1, -0.05) is 30.7 Å². The maximum atomic E-state index is 13.4. The molecule has 2 aliphatic rings. The molecule has 35 heavy (non-hydrogen) atoms. The number of benzene rings is 2. The summed E-state index contributed by atoms with van der Waals surface area (Å²) < 4.78 is 51.2. The molecule has 8 heteroatoms. The van der Waals surface area contributed by atoms with Crippen molar-refractivity contribution in [2.75, 3.05) is 33.4 Å². The van der Waals surface area contributed by atoms with Crippen molar-refractivity contribution in [3.63, 3.8) is 0 Å². The van der Waals surface area contributed by atoms with E-state index in [2.05, 4.69) is 4.90 Å². The van der Waals surface area contributed by atoms with Crippen LogP contribution < -0.4 is 4.74 Å². The predicted molar refractivity (Wildman–Crippen MR) is 127 cm³/mol. The van der Waals surface area contributed by atoms with E-state index >= 15 is 0 Å². The summed E-state index contributed by atoms with van der Waals surface area (Å²) in [6, 6.07) is 12.8. The zero-order valence-electron chi connectivity index (χ0n) is 20.1. The Kier molecular flexibility index (Phi) is 8.34. The molecule has 1 fully saturated rings. The van der Waals surface area contributed by atoms with Crippen molar-refractivity contribution < 1.29 is 27.4 Å². The van der Waals surface area contributed by atoms with Crippen molar-refractivity contribution in [1.82, 2.24) is 9.80 Å². The number of carbonyl (C=O) groups is 1. The lowest BCUT2D eigenvalue weighted by molar-refractivity contribution is -0.137. The maximum absolute atomic E-state index is 13.4. The molecule has 2 aromatic carbocycles. The fourth-order valence-corrected chi connectivity index (χ4v) is 5.13. The van der Waals surface area contributed by atoms with Crippen LogP contribution in [-0.2, 0) is 17.5 Å². The summed E-state index contributed by atoms with van der Waals surface area (Å²) in [7, 11) is 1.70. The van der Waals surface area contributed by atoms with Gasteiger partial charge in [-0.25, -0.2) is 0 Å². The van der Waals surface area contributed by atoms with Crippen LogP contribution in [0.15, 0.2) is 48.5 Å². The summed E-state index contributed by atoms with van der Waals surface area (Å²) in [5.41, 5.74) is 0.603. The molecule has 1 saturated heterocycles. The topological polar surface area (TPSA) is 42.0 Å². The van der Waals surface area contributed by atoms with Gasteiger partial charge in [-0.3, -0.25) is 9.69 Å². The monoisotopic (exact) mass is 490 g/mol. The molecule has 4 rings (SSSR count). The normalized spacial score (nSPS) is 22.7. The minimum Gasteiger partial charge on any atom is -0.492 e. The first-order valence-corrected chi connectivity index (χ1v) is 12.3. The molecule has 190 valence electrons. The smallest absolute Gasteiger partial charge is 0.416 e. The zero-order chi connectivity index (χ0) is 24.8. The molecule has 0 spiro atoms. The Morgan fingerprint density at radius 3 is 2.63 bits per heavy atom. The van der Waals surface area contributed by atoms with Crippen LogP contribution in [0.1, 0.15) is 53.6 Å². The lowest BCUT2D eigenvalue weighted by Gasteiger charge is -2.41. The number of halogens is 3. The molecular formula is C27H33F3N2O3. The number of nitrogens with zero attached hydrogens (tertiary/aromatic N) is 2. The molecular weight excluding hydrogens is 457 g/mol. The van der Waals surface area contributed by atoms with Gasteiger partial charge in [0.15, 0.2) is 0 Å². The van der Waals surface area contributed by atoms with E-state index < -0.39 is 11.7 Å². The van der Waals surface area contributed by atoms with E-state index in [0.29, 0.717) is 43.1 Å². The van der Waals surface area contributed by atoms with E-state index in [-0.39, 0.29) is 18.1 Å². The van der Waals surface area contributed by atoms with Gasteiger partial charge in [0.2, 0.25) is 0 Å². The van der Waals surface area contributed by atoms with E-state index in [4.69, 9.17) is 9.47 Å². The van der Waals surface area contributed by atoms with Crippen LogP contribution in [-0.4, -0.2) is 61.2 Å². The van der Waals surface area contributed by atoms with Crippen LogP contribution in [0.2, 0.25) is 0 Å². The number of methoxy groups -OCH3 is 1. The van der Waals surface area contributed by atoms with Gasteiger partial charge < -0.3 is 14.4 Å². The molecule has 0 N–H and O–H groups in total. The van der Waals surface area contributed by atoms with Gasteiger partial charge in [0.05, 0.1) is 17.7 Å². The van der Waals surface area contributed by atoms with Gasteiger partial charge >= 0.3 is 6.18 Å². The minimum absolute atomic E-state index is 0.00116. The number of hydrogen-bond acceptors (Lipinski definition) is 4. The second-order valence-corrected chi connectivity index (χ2v) is 9.33. The standard InChI is InChI=1S/C27H33F3N2O3/c1-34-25-12-6-14-32-24(25)11-2-3-13-31(19-20-7-4-9-22(17-20)27(28,29)30)15-16-35-23-10-5-8-21(18-23)26(32)33/h4-5,7-10,17-18,24-25H,2-3,6,11-16,19H2,1H3/t24-,25-/m0/s1. The van der Waals surface area contributed by atoms with Gasteiger partial charge in [0.25, 0.3) is 5.91 Å². The summed E-state index contributed by atoms with van der Waals surface area (Å²) in [5.74, 6) is 0.620. The van der Waals surface area contributed by atoms with E-state index in [9.17, 15) is 18.0 Å². The van der Waals surface area contributed by atoms with Crippen LogP contribution in [0, 0.1) is 0 Å². The fraction of sp³-hybridized carbons (Fsp3) is 0.519. The summed E-state index contributed by atoms with van der Waals surface area (Å²) >= 11 is 0. The molecule has 2 atom stereocenters. The van der Waals surface area contributed by atoms with Crippen LogP contribution in [0.3, 0.4) is 0 Å². The Bertz CT molecular complexity index is 998. The number of alkyl halides is 3. The molecule has 2 aliphatic heterocycles. The lowest BCUT2D eigenvalue weighted by atomic mass is 9.93. The van der Waals surface area contributed by atoms with Crippen LogP contribution in [0.4, 0.5) is 13.2 Å². The molecule has 2 bridgehead atoms. The Morgan fingerprint density at radius 1 is 1.00 bits per heavy atom. The first-order chi connectivity index (χ1) is 16.8. The number of rotatable bonds is 3. The highest BCUT2D eigenvalue weighted by Gasteiger charge is 2.35. The highest BCUT2D eigenvalue weighted by molar-refractivity contribution is 5.95. The zero-order valence-corrected chi connectivity index (χ0v) is 20.1. The van der Waals surface area contributed by atoms with Crippen molar-refractivity contribution in [2.45, 2.75) is 57.0 Å². The highest BCUT2D eigenvalue weighted by Crippen LogP contribution is 2.30. The second kappa shape index (κ2) is 11.4. The van der Waals surface area contributed by atoms with Crippen LogP contribution >= 0.6 is 0 Å². The molecule has 1 amide bonds. The van der Waals surface area contributed by atoms with Crippen molar-refractivity contribution in [3.05, 3.63) is 65.2 Å². The van der Waals surface area contributed by atoms with Gasteiger partial charge in [0.1, 0.15) is 12.4 Å². The van der Waals surface area contributed by atoms with Crippen LogP contribution in [0.5, 0.6) is 5.75 Å². The third-order valence-corrected chi connectivity index (χ3v) is 6.92. The third-order valence-electron chi connectivity index (χ3n) is 6.92. The van der Waals surface area contributed by atoms with Crippen molar-refractivity contribution in [1.29, 1.82) is 0 Å². The Morgan fingerprint density at radius 2 is 1.83 bits per heavy atom. The SMILES string of the molecule is CO[C@H]1CCCN2C(=O)c3cccc(c3)OCCN(Cc3cccc(C(F)(F)F)c3)CCCC[C@@H]12. The predicted octanol–water partition coefficient (Wildman–Crippen LogP) is 5.39. The van der Waals surface area contributed by atoms with Gasteiger partial charge in [0, 0.05) is 32.3 Å². The van der Waals surface area contributed by atoms with Gasteiger partial charge in [-0.15, -0.1) is 0 Å². The van der Waals surface area contributed by atoms with E-state index in [0.717, 1.165) is 44.7 Å². The number of ether oxygens (including phenoxy) is 2. The summed E-state index contributed by atoms with van der Waals surface area (Å²) in [4.78, 5) is 17.4. The van der Waals surface area contributed by atoms with Gasteiger partial charge in [-0.05, 0) is 62.1 Å². The maximum Gasteiger partial charge on any atom is 0.416 e. The first-order valence-electron chi connectivity index (χ1n) is 12.3. The molecule has 2 aromatic rings. The van der Waals surface area contributed by atoms with Crippen LogP contribution in [0.25, 0.3) is 0 Å². The second-order valence-electron chi connectivity index (χ2n) is 9.33. The molecule has 0 unspecified atom stereocenters. The summed E-state index contributed by atoms with van der Waals surface area (Å²) in [5, 5.41) is 0. The highest BCUT2D eigenvalue weighted by atomic mass is 19.4.